The Morgan fingerprint density at radius 1 is 1.28 bits per heavy atom. The summed E-state index contributed by atoms with van der Waals surface area (Å²) in [6.07, 6.45) is 4.56. The number of hydrogen-bond acceptors (Lipinski definition) is 3. The van der Waals surface area contributed by atoms with Gasteiger partial charge in [0.15, 0.2) is 0 Å². The number of nitrogens with zero attached hydrogens (tertiary/aromatic N) is 1. The van der Waals surface area contributed by atoms with Gasteiger partial charge in [0, 0.05) is 24.5 Å². The summed E-state index contributed by atoms with van der Waals surface area (Å²) in [5.74, 6) is 0.457. The van der Waals surface area contributed by atoms with E-state index in [0.717, 1.165) is 12.8 Å². The van der Waals surface area contributed by atoms with Gasteiger partial charge in [0.1, 0.15) is 0 Å². The molecule has 0 bridgehead atoms. The quantitative estimate of drug-likeness (QED) is 0.780. The van der Waals surface area contributed by atoms with Crippen molar-refractivity contribution in [2.24, 2.45) is 5.92 Å². The van der Waals surface area contributed by atoms with Crippen LogP contribution in [0.15, 0.2) is 0 Å². The third kappa shape index (κ3) is 4.16. The highest BCUT2D eigenvalue weighted by molar-refractivity contribution is 9.09. The van der Waals surface area contributed by atoms with Gasteiger partial charge in [0.05, 0.1) is 13.2 Å². The first kappa shape index (κ1) is 14.7. The van der Waals surface area contributed by atoms with Crippen LogP contribution in [0.5, 0.6) is 0 Å². The molecule has 1 heterocycles. The minimum Gasteiger partial charge on any atom is -0.379 e. The summed E-state index contributed by atoms with van der Waals surface area (Å²) in [7, 11) is -3.31. The van der Waals surface area contributed by atoms with Crippen LogP contribution in [0.4, 0.5) is 0 Å². The summed E-state index contributed by atoms with van der Waals surface area (Å²) in [5, 5.41) is 0. The fourth-order valence-electron chi connectivity index (χ4n) is 2.51. The molecule has 0 spiro atoms. The summed E-state index contributed by atoms with van der Waals surface area (Å²) in [6.45, 7) is 2.46. The van der Waals surface area contributed by atoms with E-state index in [-0.39, 0.29) is 0 Å². The van der Waals surface area contributed by atoms with Crippen molar-refractivity contribution in [3.63, 3.8) is 0 Å². The van der Waals surface area contributed by atoms with Gasteiger partial charge in [0.2, 0.25) is 0 Å². The molecule has 1 N–H and O–H groups in total. The molecule has 0 aromatic heterocycles. The number of halogens is 1. The van der Waals surface area contributed by atoms with Gasteiger partial charge in [0.25, 0.3) is 10.2 Å². The van der Waals surface area contributed by atoms with E-state index in [2.05, 4.69) is 20.7 Å². The highest BCUT2D eigenvalue weighted by Gasteiger charge is 2.26. The van der Waals surface area contributed by atoms with Crippen molar-refractivity contribution >= 4 is 26.1 Å². The molecule has 0 amide bonds. The molecule has 2 atom stereocenters. The van der Waals surface area contributed by atoms with Gasteiger partial charge in [-0.3, -0.25) is 0 Å². The minimum atomic E-state index is -3.31. The van der Waals surface area contributed by atoms with E-state index in [0.29, 0.717) is 43.6 Å². The molecule has 106 valence electrons. The molecule has 18 heavy (non-hydrogen) atoms. The predicted molar refractivity (Wildman–Crippen MR) is 74.0 cm³/mol. The van der Waals surface area contributed by atoms with Crippen LogP contribution in [0, 0.1) is 5.92 Å². The van der Waals surface area contributed by atoms with E-state index >= 15 is 0 Å². The molecule has 7 heteroatoms. The zero-order valence-electron chi connectivity index (χ0n) is 10.5. The number of nitrogens with one attached hydrogen (secondary N) is 1. The SMILES string of the molecule is O=S(=O)(NCC1CCCC(Br)C1)N1CCOCC1. The van der Waals surface area contributed by atoms with Gasteiger partial charge >= 0.3 is 0 Å². The monoisotopic (exact) mass is 340 g/mol. The fourth-order valence-corrected chi connectivity index (χ4v) is 4.62. The molecular weight excluding hydrogens is 320 g/mol. The fraction of sp³-hybridized carbons (Fsp3) is 1.00. The van der Waals surface area contributed by atoms with Crippen LogP contribution in [-0.4, -0.2) is 50.4 Å². The van der Waals surface area contributed by atoms with E-state index in [1.165, 1.54) is 17.1 Å². The van der Waals surface area contributed by atoms with Crippen LogP contribution in [0.1, 0.15) is 25.7 Å². The Bertz CT molecular complexity index is 357. The number of morpholine rings is 1. The van der Waals surface area contributed by atoms with E-state index in [4.69, 9.17) is 4.74 Å². The molecule has 0 radical (unpaired) electrons. The van der Waals surface area contributed by atoms with E-state index < -0.39 is 10.2 Å². The highest BCUT2D eigenvalue weighted by Crippen LogP contribution is 2.28. The van der Waals surface area contributed by atoms with Crippen LogP contribution >= 0.6 is 15.9 Å². The number of ether oxygens (including phenoxy) is 1. The number of alkyl halides is 1. The zero-order chi connectivity index (χ0) is 13.0. The van der Waals surface area contributed by atoms with E-state index in [9.17, 15) is 8.42 Å². The van der Waals surface area contributed by atoms with Crippen LogP contribution in [0.2, 0.25) is 0 Å². The molecule has 5 nitrogen and oxygen atoms in total. The molecule has 2 aliphatic rings. The Morgan fingerprint density at radius 3 is 2.67 bits per heavy atom. The Balaban J connectivity index is 1.80. The van der Waals surface area contributed by atoms with Gasteiger partial charge in [-0.05, 0) is 25.2 Å². The van der Waals surface area contributed by atoms with Crippen molar-refractivity contribution in [1.29, 1.82) is 0 Å². The van der Waals surface area contributed by atoms with Gasteiger partial charge < -0.3 is 4.74 Å². The van der Waals surface area contributed by atoms with Crippen LogP contribution in [0.25, 0.3) is 0 Å². The molecule has 0 aromatic carbocycles. The highest BCUT2D eigenvalue weighted by atomic mass is 79.9. The molecule has 1 saturated heterocycles. The summed E-state index contributed by atoms with van der Waals surface area (Å²) in [4.78, 5) is 0.546. The molecule has 1 aliphatic carbocycles. The maximum absolute atomic E-state index is 12.1. The van der Waals surface area contributed by atoms with Crippen LogP contribution in [0.3, 0.4) is 0 Å². The molecular formula is C11H21BrN2O3S. The van der Waals surface area contributed by atoms with Crippen LogP contribution < -0.4 is 4.72 Å². The Morgan fingerprint density at radius 2 is 2.00 bits per heavy atom. The lowest BCUT2D eigenvalue weighted by Gasteiger charge is -2.29. The van der Waals surface area contributed by atoms with Gasteiger partial charge in [-0.1, -0.05) is 22.4 Å². The Labute approximate surface area is 118 Å². The Kier molecular flexibility index (Phi) is 5.44. The second-order valence-corrected chi connectivity index (χ2v) is 8.04. The summed E-state index contributed by atoms with van der Waals surface area (Å²) in [6, 6.07) is 0. The minimum absolute atomic E-state index is 0.457. The second kappa shape index (κ2) is 6.65. The summed E-state index contributed by atoms with van der Waals surface area (Å²) in [5.41, 5.74) is 0. The third-order valence-electron chi connectivity index (χ3n) is 3.58. The maximum Gasteiger partial charge on any atom is 0.279 e. The first-order valence-corrected chi connectivity index (χ1v) is 8.90. The van der Waals surface area contributed by atoms with Crippen molar-refractivity contribution < 1.29 is 13.2 Å². The lowest BCUT2D eigenvalue weighted by molar-refractivity contribution is 0.0724. The molecule has 1 saturated carbocycles. The zero-order valence-corrected chi connectivity index (χ0v) is 12.9. The summed E-state index contributed by atoms with van der Waals surface area (Å²) >= 11 is 3.62. The predicted octanol–water partition coefficient (Wildman–Crippen LogP) is 1.11. The first-order chi connectivity index (χ1) is 8.58. The summed E-state index contributed by atoms with van der Waals surface area (Å²) < 4.78 is 33.5. The molecule has 1 aliphatic heterocycles. The van der Waals surface area contributed by atoms with Crippen LogP contribution in [-0.2, 0) is 14.9 Å². The number of rotatable bonds is 4. The van der Waals surface area contributed by atoms with E-state index in [1.54, 1.807) is 0 Å². The Hall–Kier alpha value is 0.310. The van der Waals surface area contributed by atoms with Gasteiger partial charge in [-0.25, -0.2) is 4.72 Å². The standard InChI is InChI=1S/C11H21BrN2O3S/c12-11-3-1-2-10(8-11)9-13-18(15,16)14-4-6-17-7-5-14/h10-11,13H,1-9H2. The van der Waals surface area contributed by atoms with Crippen molar-refractivity contribution in [2.75, 3.05) is 32.8 Å². The van der Waals surface area contributed by atoms with Gasteiger partial charge in [-0.2, -0.15) is 12.7 Å². The first-order valence-electron chi connectivity index (χ1n) is 6.54. The van der Waals surface area contributed by atoms with Gasteiger partial charge in [-0.15, -0.1) is 0 Å². The van der Waals surface area contributed by atoms with Crippen molar-refractivity contribution in [3.8, 4) is 0 Å². The normalized spacial score (nSPS) is 31.4. The van der Waals surface area contributed by atoms with Crippen molar-refractivity contribution in [3.05, 3.63) is 0 Å². The molecule has 2 unspecified atom stereocenters. The maximum atomic E-state index is 12.1. The topological polar surface area (TPSA) is 58.6 Å². The van der Waals surface area contributed by atoms with Crippen molar-refractivity contribution in [2.45, 2.75) is 30.5 Å². The molecule has 2 fully saturated rings. The largest absolute Gasteiger partial charge is 0.379 e. The lowest BCUT2D eigenvalue weighted by Crippen LogP contribution is -2.47. The third-order valence-corrected chi connectivity index (χ3v) is 5.99. The van der Waals surface area contributed by atoms with Crippen molar-refractivity contribution in [1.82, 2.24) is 9.03 Å². The average molecular weight is 341 g/mol. The number of hydrogen-bond donors (Lipinski definition) is 1. The molecule has 2 rings (SSSR count). The second-order valence-electron chi connectivity index (χ2n) is 4.99. The smallest absolute Gasteiger partial charge is 0.279 e. The lowest BCUT2D eigenvalue weighted by atomic mass is 9.89. The molecule has 0 aromatic rings. The van der Waals surface area contributed by atoms with E-state index in [1.807, 2.05) is 0 Å². The average Bonchev–Trinajstić information content (AvgIpc) is 2.38.